The molecule has 2 atom stereocenters. The first-order valence-electron chi connectivity index (χ1n) is 8.24. The maximum absolute atomic E-state index is 12.5. The van der Waals surface area contributed by atoms with Gasteiger partial charge in [-0.25, -0.2) is 4.79 Å². The number of hydrogen-bond donors (Lipinski definition) is 0. The number of rotatable bonds is 2. The lowest BCUT2D eigenvalue weighted by Crippen LogP contribution is -2.45. The van der Waals surface area contributed by atoms with Crippen LogP contribution in [0.2, 0.25) is 0 Å². The van der Waals surface area contributed by atoms with Crippen LogP contribution in [0.1, 0.15) is 45.6 Å². The molecule has 0 N–H and O–H groups in total. The highest BCUT2D eigenvalue weighted by Crippen LogP contribution is 2.39. The Labute approximate surface area is 143 Å². The van der Waals surface area contributed by atoms with Crippen molar-refractivity contribution in [3.63, 3.8) is 0 Å². The number of ether oxygens (including phenoxy) is 1. The van der Waals surface area contributed by atoms with Crippen LogP contribution in [0.4, 0.5) is 4.79 Å². The molecule has 2 aliphatic rings. The summed E-state index contributed by atoms with van der Waals surface area (Å²) in [5.74, 6) is 0. The lowest BCUT2D eigenvalue weighted by atomic mass is 9.95. The second kappa shape index (κ2) is 6.23. The first kappa shape index (κ1) is 16.4. The average molecular weight is 331 g/mol. The molecule has 3 nitrogen and oxygen atoms in total. The predicted molar refractivity (Wildman–Crippen MR) is 95.7 cm³/mol. The number of hydrogen-bond acceptors (Lipinski definition) is 3. The zero-order chi connectivity index (χ0) is 16.6. The van der Waals surface area contributed by atoms with Gasteiger partial charge in [-0.3, -0.25) is 4.90 Å². The van der Waals surface area contributed by atoms with Crippen molar-refractivity contribution in [2.24, 2.45) is 0 Å². The summed E-state index contributed by atoms with van der Waals surface area (Å²) in [6, 6.07) is 9.18. The molecule has 0 spiro atoms. The molecule has 0 saturated carbocycles. The number of thioether (sulfide) groups is 1. The summed E-state index contributed by atoms with van der Waals surface area (Å²) in [6.45, 7) is 5.77. The van der Waals surface area contributed by atoms with Gasteiger partial charge in [-0.05, 0) is 69.6 Å². The highest BCUT2D eigenvalue weighted by molar-refractivity contribution is 7.98. The predicted octanol–water partition coefficient (Wildman–Crippen LogP) is 4.96. The summed E-state index contributed by atoms with van der Waals surface area (Å²) < 4.78 is 5.58. The molecule has 0 aliphatic carbocycles. The molecule has 0 radical (unpaired) electrons. The maximum atomic E-state index is 12.5. The number of nitrogens with zero attached hydrogens (tertiary/aromatic N) is 1. The quantitative estimate of drug-likeness (QED) is 0.717. The van der Waals surface area contributed by atoms with E-state index < -0.39 is 5.60 Å². The van der Waals surface area contributed by atoms with Crippen LogP contribution in [0.5, 0.6) is 0 Å². The van der Waals surface area contributed by atoms with Crippen molar-refractivity contribution >= 4 is 23.4 Å². The largest absolute Gasteiger partial charge is 0.444 e. The topological polar surface area (TPSA) is 29.5 Å². The van der Waals surface area contributed by atoms with E-state index in [1.54, 1.807) is 11.8 Å². The van der Waals surface area contributed by atoms with Gasteiger partial charge in [0.05, 0.1) is 6.04 Å². The summed E-state index contributed by atoms with van der Waals surface area (Å²) in [5.41, 5.74) is 2.21. The summed E-state index contributed by atoms with van der Waals surface area (Å²) in [7, 11) is 0. The molecular formula is C19H25NO2S. The first-order chi connectivity index (χ1) is 10.9. The standard InChI is InChI=1S/C19H25NO2S/c1-19(2,3)22-18(21)20-15-7-8-16(20)12-14(11-15)13-5-9-17(23-4)10-6-13/h5-6,9-11,15-16H,7-8,12H2,1-4H3. The van der Waals surface area contributed by atoms with Crippen LogP contribution in [0.25, 0.3) is 5.57 Å². The molecule has 0 aromatic heterocycles. The third-order valence-electron chi connectivity index (χ3n) is 4.46. The van der Waals surface area contributed by atoms with Gasteiger partial charge in [0.15, 0.2) is 0 Å². The van der Waals surface area contributed by atoms with Crippen LogP contribution in [-0.4, -0.2) is 34.9 Å². The number of carbonyl (C=O) groups is 1. The summed E-state index contributed by atoms with van der Waals surface area (Å²) >= 11 is 1.76. The summed E-state index contributed by atoms with van der Waals surface area (Å²) in [6.07, 6.45) is 7.21. The molecule has 23 heavy (non-hydrogen) atoms. The highest BCUT2D eigenvalue weighted by atomic mass is 32.2. The van der Waals surface area contributed by atoms with E-state index in [2.05, 4.69) is 36.6 Å². The normalized spacial score (nSPS) is 23.7. The lowest BCUT2D eigenvalue weighted by molar-refractivity contribution is 0.0175. The molecule has 1 aromatic rings. The molecule has 2 heterocycles. The molecule has 4 heteroatoms. The molecular weight excluding hydrogens is 306 g/mol. The van der Waals surface area contributed by atoms with Gasteiger partial charge in [0, 0.05) is 10.9 Å². The van der Waals surface area contributed by atoms with E-state index in [1.165, 1.54) is 16.0 Å². The van der Waals surface area contributed by atoms with Crippen molar-refractivity contribution in [1.82, 2.24) is 4.90 Å². The summed E-state index contributed by atoms with van der Waals surface area (Å²) in [5, 5.41) is 0. The Balaban J connectivity index is 1.78. The molecule has 1 amide bonds. The van der Waals surface area contributed by atoms with Crippen molar-refractivity contribution in [3.05, 3.63) is 35.9 Å². The van der Waals surface area contributed by atoms with Crippen LogP contribution in [0.15, 0.2) is 35.2 Å². The molecule has 124 valence electrons. The van der Waals surface area contributed by atoms with E-state index in [4.69, 9.17) is 4.74 Å². The van der Waals surface area contributed by atoms with Gasteiger partial charge in [-0.1, -0.05) is 18.2 Å². The molecule has 2 bridgehead atoms. The van der Waals surface area contributed by atoms with Crippen LogP contribution >= 0.6 is 11.8 Å². The second-order valence-corrected chi connectivity index (χ2v) is 8.19. The fraction of sp³-hybridized carbons (Fsp3) is 0.526. The Morgan fingerprint density at radius 1 is 1.22 bits per heavy atom. The molecule has 1 saturated heterocycles. The minimum absolute atomic E-state index is 0.168. The highest BCUT2D eigenvalue weighted by Gasteiger charge is 2.41. The smallest absolute Gasteiger partial charge is 0.411 e. The van der Waals surface area contributed by atoms with Gasteiger partial charge >= 0.3 is 6.09 Å². The van der Waals surface area contributed by atoms with E-state index in [9.17, 15) is 4.79 Å². The zero-order valence-corrected chi connectivity index (χ0v) is 15.2. The number of amides is 1. The molecule has 2 unspecified atom stereocenters. The van der Waals surface area contributed by atoms with Crippen LogP contribution in [-0.2, 0) is 4.74 Å². The van der Waals surface area contributed by atoms with Crippen LogP contribution in [0, 0.1) is 0 Å². The third-order valence-corrected chi connectivity index (χ3v) is 5.20. The van der Waals surface area contributed by atoms with Gasteiger partial charge in [0.1, 0.15) is 5.60 Å². The molecule has 1 aromatic carbocycles. The van der Waals surface area contributed by atoms with Gasteiger partial charge in [-0.15, -0.1) is 11.8 Å². The SMILES string of the molecule is CSc1ccc(C2=CC3CCC(C2)N3C(=O)OC(C)(C)C)cc1. The Bertz CT molecular complexity index is 615. The first-order valence-corrected chi connectivity index (χ1v) is 9.46. The Kier molecular flexibility index (Phi) is 4.45. The maximum Gasteiger partial charge on any atom is 0.411 e. The minimum Gasteiger partial charge on any atom is -0.444 e. The van der Waals surface area contributed by atoms with E-state index >= 15 is 0 Å². The number of carbonyl (C=O) groups excluding carboxylic acids is 1. The molecule has 1 fully saturated rings. The lowest BCUT2D eigenvalue weighted by Gasteiger charge is -2.35. The Morgan fingerprint density at radius 3 is 2.48 bits per heavy atom. The van der Waals surface area contributed by atoms with Crippen molar-refractivity contribution in [2.45, 2.75) is 62.6 Å². The minimum atomic E-state index is -0.436. The number of benzene rings is 1. The van der Waals surface area contributed by atoms with E-state index in [0.717, 1.165) is 19.3 Å². The average Bonchev–Trinajstić information content (AvgIpc) is 2.76. The van der Waals surface area contributed by atoms with Gasteiger partial charge in [0.2, 0.25) is 0 Å². The molecule has 2 aliphatic heterocycles. The van der Waals surface area contributed by atoms with Crippen LogP contribution < -0.4 is 0 Å². The fourth-order valence-electron chi connectivity index (χ4n) is 3.45. The molecule has 3 rings (SSSR count). The second-order valence-electron chi connectivity index (χ2n) is 7.31. The van der Waals surface area contributed by atoms with Crippen molar-refractivity contribution in [3.8, 4) is 0 Å². The van der Waals surface area contributed by atoms with Gasteiger partial charge < -0.3 is 4.74 Å². The van der Waals surface area contributed by atoms with Crippen molar-refractivity contribution < 1.29 is 9.53 Å². The Morgan fingerprint density at radius 2 is 1.91 bits per heavy atom. The van der Waals surface area contributed by atoms with E-state index in [0.29, 0.717) is 0 Å². The fourth-order valence-corrected chi connectivity index (χ4v) is 3.86. The van der Waals surface area contributed by atoms with Gasteiger partial charge in [0.25, 0.3) is 0 Å². The van der Waals surface area contributed by atoms with Crippen molar-refractivity contribution in [1.29, 1.82) is 0 Å². The third kappa shape index (κ3) is 3.57. The number of fused-ring (bicyclic) bond motifs is 2. The van der Waals surface area contributed by atoms with Crippen LogP contribution in [0.3, 0.4) is 0 Å². The Hall–Kier alpha value is -1.42. The van der Waals surface area contributed by atoms with Gasteiger partial charge in [-0.2, -0.15) is 0 Å². The van der Waals surface area contributed by atoms with E-state index in [-0.39, 0.29) is 18.2 Å². The van der Waals surface area contributed by atoms with Crippen molar-refractivity contribution in [2.75, 3.05) is 6.26 Å². The van der Waals surface area contributed by atoms with E-state index in [1.807, 2.05) is 25.7 Å². The summed E-state index contributed by atoms with van der Waals surface area (Å²) in [4.78, 5) is 15.7. The zero-order valence-electron chi connectivity index (χ0n) is 14.3. The monoisotopic (exact) mass is 331 g/mol.